The molecule has 2 N–H and O–H groups in total. The third-order valence-electron chi connectivity index (χ3n) is 3.04. The second-order valence-corrected chi connectivity index (χ2v) is 6.07. The van der Waals surface area contributed by atoms with Crippen LogP contribution in [0.25, 0.3) is 0 Å². The molecule has 1 aromatic rings. The minimum Gasteiger partial charge on any atom is -0.373 e. The highest BCUT2D eigenvalue weighted by atomic mass is 79.9. The van der Waals surface area contributed by atoms with Gasteiger partial charge in [0.05, 0.1) is 5.69 Å². The number of hydrogen-bond acceptors (Lipinski definition) is 2. The molecule has 0 radical (unpaired) electrons. The van der Waals surface area contributed by atoms with Crippen molar-refractivity contribution in [3.8, 4) is 0 Å². The lowest BCUT2D eigenvalue weighted by atomic mass is 10.0. The first-order chi connectivity index (χ1) is 8.75. The Labute approximate surface area is 122 Å². The van der Waals surface area contributed by atoms with Gasteiger partial charge in [0.15, 0.2) is 0 Å². The average molecular weight is 331 g/mol. The first kappa shape index (κ1) is 16.0. The SMILES string of the molecule is CCC(C)(C)NC(=O)C(C)Nc1cc(F)ccc1Br. The number of benzene rings is 1. The number of nitrogens with one attached hydrogen (secondary N) is 2. The molecule has 0 saturated carbocycles. The van der Waals surface area contributed by atoms with Gasteiger partial charge in [-0.2, -0.15) is 0 Å². The van der Waals surface area contributed by atoms with E-state index < -0.39 is 6.04 Å². The highest BCUT2D eigenvalue weighted by molar-refractivity contribution is 9.10. The second-order valence-electron chi connectivity index (χ2n) is 5.22. The molecule has 3 nitrogen and oxygen atoms in total. The van der Waals surface area contributed by atoms with Crippen molar-refractivity contribution in [3.05, 3.63) is 28.5 Å². The fourth-order valence-corrected chi connectivity index (χ4v) is 1.80. The second kappa shape index (κ2) is 6.37. The Morgan fingerprint density at radius 3 is 2.68 bits per heavy atom. The Balaban J connectivity index is 2.71. The minimum absolute atomic E-state index is 0.108. The summed E-state index contributed by atoms with van der Waals surface area (Å²) in [4.78, 5) is 12.0. The molecule has 0 spiro atoms. The van der Waals surface area contributed by atoms with Crippen molar-refractivity contribution in [2.75, 3.05) is 5.32 Å². The number of amides is 1. The summed E-state index contributed by atoms with van der Waals surface area (Å²) >= 11 is 3.32. The zero-order valence-corrected chi connectivity index (χ0v) is 13.3. The van der Waals surface area contributed by atoms with Crippen molar-refractivity contribution in [2.24, 2.45) is 0 Å². The minimum atomic E-state index is -0.441. The van der Waals surface area contributed by atoms with Gasteiger partial charge in [-0.15, -0.1) is 0 Å². The van der Waals surface area contributed by atoms with E-state index in [0.717, 1.165) is 10.9 Å². The van der Waals surface area contributed by atoms with Crippen LogP contribution in [0.2, 0.25) is 0 Å². The van der Waals surface area contributed by atoms with Gasteiger partial charge >= 0.3 is 0 Å². The topological polar surface area (TPSA) is 41.1 Å². The molecule has 1 atom stereocenters. The van der Waals surface area contributed by atoms with E-state index in [2.05, 4.69) is 26.6 Å². The molecule has 0 aliphatic heterocycles. The van der Waals surface area contributed by atoms with Gasteiger partial charge < -0.3 is 10.6 Å². The van der Waals surface area contributed by atoms with Gasteiger partial charge in [-0.25, -0.2) is 4.39 Å². The molecule has 106 valence electrons. The fourth-order valence-electron chi connectivity index (χ4n) is 1.44. The van der Waals surface area contributed by atoms with Crippen molar-refractivity contribution < 1.29 is 9.18 Å². The Bertz CT molecular complexity index is 463. The molecule has 0 fully saturated rings. The number of carbonyl (C=O) groups excluding carboxylic acids is 1. The molecule has 0 aromatic heterocycles. The number of carbonyl (C=O) groups is 1. The summed E-state index contributed by atoms with van der Waals surface area (Å²) in [5, 5.41) is 5.95. The van der Waals surface area contributed by atoms with Crippen LogP contribution in [0.15, 0.2) is 22.7 Å². The molecule has 1 rings (SSSR count). The molecule has 1 unspecified atom stereocenters. The van der Waals surface area contributed by atoms with Gasteiger partial charge in [-0.1, -0.05) is 6.92 Å². The van der Waals surface area contributed by atoms with E-state index in [1.54, 1.807) is 13.0 Å². The Hall–Kier alpha value is -1.10. The predicted molar refractivity (Wildman–Crippen MR) is 79.7 cm³/mol. The highest BCUT2D eigenvalue weighted by Crippen LogP contribution is 2.23. The van der Waals surface area contributed by atoms with Crippen molar-refractivity contribution in [1.82, 2.24) is 5.32 Å². The quantitative estimate of drug-likeness (QED) is 0.864. The van der Waals surface area contributed by atoms with Crippen LogP contribution in [-0.4, -0.2) is 17.5 Å². The Kier molecular flexibility index (Phi) is 5.35. The van der Waals surface area contributed by atoms with Crippen LogP contribution in [0, 0.1) is 5.82 Å². The standard InChI is InChI=1S/C14H20BrFN2O/c1-5-14(3,4)18-13(19)9(2)17-12-8-10(16)6-7-11(12)15/h6-9,17H,5H2,1-4H3,(H,18,19). The van der Waals surface area contributed by atoms with Crippen molar-refractivity contribution in [2.45, 2.75) is 45.7 Å². The molecule has 0 aliphatic carbocycles. The summed E-state index contributed by atoms with van der Waals surface area (Å²) < 4.78 is 13.9. The lowest BCUT2D eigenvalue weighted by molar-refractivity contribution is -0.123. The number of halogens is 2. The molecule has 1 aromatic carbocycles. The van der Waals surface area contributed by atoms with Gasteiger partial charge in [-0.3, -0.25) is 4.79 Å². The van der Waals surface area contributed by atoms with Gasteiger partial charge in [0.2, 0.25) is 5.91 Å². The van der Waals surface area contributed by atoms with Crippen LogP contribution in [0.4, 0.5) is 10.1 Å². The number of rotatable bonds is 5. The smallest absolute Gasteiger partial charge is 0.242 e. The lowest BCUT2D eigenvalue weighted by Crippen LogP contribution is -2.48. The van der Waals surface area contributed by atoms with Crippen molar-refractivity contribution in [3.63, 3.8) is 0 Å². The molecular formula is C14H20BrFN2O. The zero-order chi connectivity index (χ0) is 14.6. The van der Waals surface area contributed by atoms with E-state index in [-0.39, 0.29) is 17.3 Å². The predicted octanol–water partition coefficient (Wildman–Crippen LogP) is 3.69. The van der Waals surface area contributed by atoms with Gasteiger partial charge in [0.25, 0.3) is 0 Å². The summed E-state index contributed by atoms with van der Waals surface area (Å²) in [6.07, 6.45) is 0.842. The molecular weight excluding hydrogens is 311 g/mol. The normalized spacial score (nSPS) is 12.9. The summed E-state index contributed by atoms with van der Waals surface area (Å²) in [5.74, 6) is -0.449. The molecule has 0 heterocycles. The maximum absolute atomic E-state index is 13.2. The third kappa shape index (κ3) is 4.82. The Morgan fingerprint density at radius 1 is 1.47 bits per heavy atom. The van der Waals surface area contributed by atoms with E-state index >= 15 is 0 Å². The summed E-state index contributed by atoms with van der Waals surface area (Å²) in [6, 6.07) is 3.89. The largest absolute Gasteiger partial charge is 0.373 e. The fraction of sp³-hybridized carbons (Fsp3) is 0.500. The van der Waals surface area contributed by atoms with Gasteiger partial charge in [0, 0.05) is 10.0 Å². The monoisotopic (exact) mass is 330 g/mol. The van der Waals surface area contributed by atoms with E-state index in [9.17, 15) is 9.18 Å². The van der Waals surface area contributed by atoms with E-state index in [4.69, 9.17) is 0 Å². The van der Waals surface area contributed by atoms with E-state index in [0.29, 0.717) is 5.69 Å². The van der Waals surface area contributed by atoms with Crippen LogP contribution < -0.4 is 10.6 Å². The maximum atomic E-state index is 13.2. The maximum Gasteiger partial charge on any atom is 0.242 e. The van der Waals surface area contributed by atoms with Crippen LogP contribution in [0.5, 0.6) is 0 Å². The first-order valence-electron chi connectivity index (χ1n) is 6.29. The van der Waals surface area contributed by atoms with Crippen LogP contribution in [-0.2, 0) is 4.79 Å². The van der Waals surface area contributed by atoms with Crippen LogP contribution in [0.1, 0.15) is 34.1 Å². The highest BCUT2D eigenvalue weighted by Gasteiger charge is 2.22. The third-order valence-corrected chi connectivity index (χ3v) is 3.73. The lowest BCUT2D eigenvalue weighted by Gasteiger charge is -2.27. The summed E-state index contributed by atoms with van der Waals surface area (Å²) in [6.45, 7) is 7.70. The molecule has 5 heteroatoms. The molecule has 19 heavy (non-hydrogen) atoms. The first-order valence-corrected chi connectivity index (χ1v) is 7.08. The summed E-state index contributed by atoms with van der Waals surface area (Å²) in [7, 11) is 0. The molecule has 0 bridgehead atoms. The van der Waals surface area contributed by atoms with Crippen LogP contribution >= 0.6 is 15.9 Å². The number of hydrogen-bond donors (Lipinski definition) is 2. The Morgan fingerprint density at radius 2 is 2.11 bits per heavy atom. The molecule has 1 amide bonds. The van der Waals surface area contributed by atoms with Gasteiger partial charge in [0.1, 0.15) is 11.9 Å². The van der Waals surface area contributed by atoms with E-state index in [1.807, 2.05) is 20.8 Å². The van der Waals surface area contributed by atoms with Crippen LogP contribution in [0.3, 0.4) is 0 Å². The zero-order valence-electron chi connectivity index (χ0n) is 11.7. The van der Waals surface area contributed by atoms with E-state index in [1.165, 1.54) is 12.1 Å². The molecule has 0 aliphatic rings. The molecule has 0 saturated heterocycles. The number of anilines is 1. The van der Waals surface area contributed by atoms with Crippen molar-refractivity contribution in [1.29, 1.82) is 0 Å². The summed E-state index contributed by atoms with van der Waals surface area (Å²) in [5.41, 5.74) is 0.323. The van der Waals surface area contributed by atoms with Crippen molar-refractivity contribution >= 4 is 27.5 Å². The van der Waals surface area contributed by atoms with Gasteiger partial charge in [-0.05, 0) is 61.3 Å². The average Bonchev–Trinajstić information content (AvgIpc) is 2.33.